The molecule has 2 rings (SSSR count). The minimum Gasteiger partial charge on any atom is -0.493 e. The first-order valence-electron chi connectivity index (χ1n) is 7.55. The lowest BCUT2D eigenvalue weighted by atomic mass is 10.0. The largest absolute Gasteiger partial charge is 0.493 e. The van der Waals surface area contributed by atoms with Crippen molar-refractivity contribution in [1.29, 1.82) is 0 Å². The first-order chi connectivity index (χ1) is 11.2. The third-order valence-electron chi connectivity index (χ3n) is 4.02. The molecule has 0 fully saturated rings. The number of methoxy groups -OCH3 is 2. The van der Waals surface area contributed by atoms with Crippen LogP contribution in [-0.4, -0.2) is 62.9 Å². The van der Waals surface area contributed by atoms with Crippen LogP contribution in [0.4, 0.5) is 18.0 Å². The number of benzene rings is 1. The second-order valence-corrected chi connectivity index (χ2v) is 5.72. The number of hydrogen-bond acceptors (Lipinski definition) is 3. The minimum absolute atomic E-state index is 0.365. The molecule has 0 atom stereocenters. The summed E-state index contributed by atoms with van der Waals surface area (Å²) in [5.74, 6) is 1.20. The van der Waals surface area contributed by atoms with Crippen LogP contribution in [0.1, 0.15) is 11.1 Å². The zero-order chi connectivity index (χ0) is 17.9. The number of fused-ring (bicyclic) bond motifs is 1. The van der Waals surface area contributed by atoms with Crippen molar-refractivity contribution in [2.24, 2.45) is 0 Å². The Morgan fingerprint density at radius 2 is 1.58 bits per heavy atom. The number of urea groups is 1. The molecule has 1 aliphatic heterocycles. The molecule has 5 nitrogen and oxygen atoms in total. The molecule has 1 aromatic carbocycles. The number of carbonyl (C=O) groups is 1. The van der Waals surface area contributed by atoms with Crippen LogP contribution in [0.2, 0.25) is 0 Å². The Labute approximate surface area is 138 Å². The van der Waals surface area contributed by atoms with Crippen molar-refractivity contribution in [1.82, 2.24) is 9.80 Å². The van der Waals surface area contributed by atoms with Crippen LogP contribution in [0.15, 0.2) is 12.1 Å². The van der Waals surface area contributed by atoms with Gasteiger partial charge < -0.3 is 19.3 Å². The molecule has 0 spiro atoms. The lowest BCUT2D eigenvalue weighted by Gasteiger charge is -2.27. The molecular weight excluding hydrogens is 325 g/mol. The van der Waals surface area contributed by atoms with E-state index in [4.69, 9.17) is 9.47 Å². The maximum atomic E-state index is 12.5. The monoisotopic (exact) mass is 346 g/mol. The fraction of sp³-hybridized carbons (Fsp3) is 0.562. The Kier molecular flexibility index (Phi) is 5.46. The Hall–Kier alpha value is -2.12. The molecule has 0 aliphatic carbocycles. The van der Waals surface area contributed by atoms with Gasteiger partial charge >= 0.3 is 12.2 Å². The van der Waals surface area contributed by atoms with E-state index < -0.39 is 18.8 Å². The van der Waals surface area contributed by atoms with Crippen molar-refractivity contribution in [3.05, 3.63) is 23.3 Å². The van der Waals surface area contributed by atoms with Crippen LogP contribution in [0.25, 0.3) is 0 Å². The summed E-state index contributed by atoms with van der Waals surface area (Å²) < 4.78 is 47.9. The first-order valence-corrected chi connectivity index (χ1v) is 7.55. The number of rotatable bonds is 3. The van der Waals surface area contributed by atoms with Crippen molar-refractivity contribution >= 4 is 6.03 Å². The van der Waals surface area contributed by atoms with Crippen LogP contribution in [0.3, 0.4) is 0 Å². The summed E-state index contributed by atoms with van der Waals surface area (Å²) in [6.45, 7) is -0.524. The van der Waals surface area contributed by atoms with Gasteiger partial charge in [-0.3, -0.25) is 0 Å². The third-order valence-corrected chi connectivity index (χ3v) is 4.02. The van der Waals surface area contributed by atoms with Gasteiger partial charge in [-0.25, -0.2) is 4.79 Å². The number of hydrogen-bond donors (Lipinski definition) is 0. The van der Waals surface area contributed by atoms with Gasteiger partial charge in [-0.05, 0) is 36.1 Å². The summed E-state index contributed by atoms with van der Waals surface area (Å²) in [5.41, 5.74) is 2.03. The topological polar surface area (TPSA) is 42.0 Å². The lowest BCUT2D eigenvalue weighted by molar-refractivity contribution is -0.138. The van der Waals surface area contributed by atoms with Gasteiger partial charge in [-0.15, -0.1) is 0 Å². The zero-order valence-corrected chi connectivity index (χ0v) is 13.9. The van der Waals surface area contributed by atoms with Gasteiger partial charge in [0.1, 0.15) is 6.54 Å². The van der Waals surface area contributed by atoms with Crippen LogP contribution in [0, 0.1) is 0 Å². The predicted molar refractivity (Wildman–Crippen MR) is 82.6 cm³/mol. The number of ether oxygens (including phenoxy) is 2. The Morgan fingerprint density at radius 1 is 1.12 bits per heavy atom. The van der Waals surface area contributed by atoms with E-state index >= 15 is 0 Å². The SMILES string of the molecule is COc1cc2c(cc1OC)CCN(C(=O)N(C)CC(F)(F)F)CC2. The maximum Gasteiger partial charge on any atom is 0.406 e. The van der Waals surface area contributed by atoms with E-state index in [0.717, 1.165) is 11.1 Å². The molecule has 0 saturated heterocycles. The van der Waals surface area contributed by atoms with Crippen molar-refractivity contribution in [3.63, 3.8) is 0 Å². The van der Waals surface area contributed by atoms with Crippen LogP contribution < -0.4 is 9.47 Å². The highest BCUT2D eigenvalue weighted by atomic mass is 19.4. The highest BCUT2D eigenvalue weighted by molar-refractivity contribution is 5.74. The molecule has 0 unspecified atom stereocenters. The molecule has 8 heteroatoms. The van der Waals surface area contributed by atoms with Crippen molar-refractivity contribution in [2.75, 3.05) is 40.9 Å². The number of alkyl halides is 3. The molecular formula is C16H21F3N2O3. The molecule has 1 heterocycles. The van der Waals surface area contributed by atoms with Crippen molar-refractivity contribution in [3.8, 4) is 11.5 Å². The molecule has 0 aromatic heterocycles. The van der Waals surface area contributed by atoms with Crippen molar-refractivity contribution < 1.29 is 27.4 Å². The molecule has 1 aliphatic rings. The molecule has 134 valence electrons. The summed E-state index contributed by atoms with van der Waals surface area (Å²) in [6.07, 6.45) is -3.29. The van der Waals surface area contributed by atoms with E-state index in [1.54, 1.807) is 14.2 Å². The van der Waals surface area contributed by atoms with E-state index in [0.29, 0.717) is 42.3 Å². The summed E-state index contributed by atoms with van der Waals surface area (Å²) in [4.78, 5) is 14.4. The first kappa shape index (κ1) is 18.2. The summed E-state index contributed by atoms with van der Waals surface area (Å²) in [7, 11) is 4.26. The van der Waals surface area contributed by atoms with E-state index in [9.17, 15) is 18.0 Å². The molecule has 1 aromatic rings. The van der Waals surface area contributed by atoms with Crippen LogP contribution in [-0.2, 0) is 12.8 Å². The van der Waals surface area contributed by atoms with Gasteiger partial charge in [-0.2, -0.15) is 13.2 Å². The van der Waals surface area contributed by atoms with Gasteiger partial charge in [0.25, 0.3) is 0 Å². The maximum absolute atomic E-state index is 12.5. The zero-order valence-electron chi connectivity index (χ0n) is 13.9. The lowest BCUT2D eigenvalue weighted by Crippen LogP contribution is -2.45. The second kappa shape index (κ2) is 7.19. The average Bonchev–Trinajstić information content (AvgIpc) is 2.73. The third kappa shape index (κ3) is 4.24. The highest BCUT2D eigenvalue weighted by Gasteiger charge is 2.33. The van der Waals surface area contributed by atoms with Gasteiger partial charge in [0.2, 0.25) is 0 Å². The van der Waals surface area contributed by atoms with Crippen LogP contribution >= 0.6 is 0 Å². The van der Waals surface area contributed by atoms with Crippen molar-refractivity contribution in [2.45, 2.75) is 19.0 Å². The predicted octanol–water partition coefficient (Wildman–Crippen LogP) is 2.72. The fourth-order valence-corrected chi connectivity index (χ4v) is 2.82. The second-order valence-electron chi connectivity index (χ2n) is 5.72. The number of halogens is 3. The normalized spacial score (nSPS) is 14.7. The molecule has 0 radical (unpaired) electrons. The molecule has 0 N–H and O–H groups in total. The highest BCUT2D eigenvalue weighted by Crippen LogP contribution is 2.32. The van der Waals surface area contributed by atoms with E-state index in [-0.39, 0.29) is 0 Å². The number of nitrogens with zero attached hydrogens (tertiary/aromatic N) is 2. The molecule has 24 heavy (non-hydrogen) atoms. The minimum atomic E-state index is -4.40. The van der Waals surface area contributed by atoms with Gasteiger partial charge in [0, 0.05) is 20.1 Å². The fourth-order valence-electron chi connectivity index (χ4n) is 2.82. The quantitative estimate of drug-likeness (QED) is 0.845. The molecule has 0 saturated carbocycles. The van der Waals surface area contributed by atoms with Crippen LogP contribution in [0.5, 0.6) is 11.5 Å². The smallest absolute Gasteiger partial charge is 0.406 e. The summed E-state index contributed by atoms with van der Waals surface area (Å²) >= 11 is 0. The Morgan fingerprint density at radius 3 is 1.96 bits per heavy atom. The molecule has 2 amide bonds. The van der Waals surface area contributed by atoms with E-state index in [2.05, 4.69) is 0 Å². The average molecular weight is 346 g/mol. The van der Waals surface area contributed by atoms with E-state index in [1.165, 1.54) is 11.9 Å². The molecule has 0 bridgehead atoms. The summed E-state index contributed by atoms with van der Waals surface area (Å²) in [6, 6.07) is 3.11. The Bertz CT molecular complexity index is 570. The van der Waals surface area contributed by atoms with Gasteiger partial charge in [0.05, 0.1) is 14.2 Å². The van der Waals surface area contributed by atoms with Gasteiger partial charge in [0.15, 0.2) is 11.5 Å². The standard InChI is InChI=1S/C16H21F3N2O3/c1-20(10-16(17,18)19)15(22)21-6-4-11-8-13(23-2)14(24-3)9-12(11)5-7-21/h8-9H,4-7,10H2,1-3H3. The van der Waals surface area contributed by atoms with E-state index in [1.807, 2.05) is 12.1 Å². The summed E-state index contributed by atoms with van der Waals surface area (Å²) in [5, 5.41) is 0. The number of amides is 2. The van der Waals surface area contributed by atoms with Gasteiger partial charge in [-0.1, -0.05) is 0 Å². The Balaban J connectivity index is 2.11. The number of carbonyl (C=O) groups excluding carboxylic acids is 1.